The van der Waals surface area contributed by atoms with E-state index >= 15 is 0 Å². The first-order valence-electron chi connectivity index (χ1n) is 11.0. The van der Waals surface area contributed by atoms with Crippen LogP contribution in [0.15, 0.2) is 0 Å². The molecule has 0 saturated carbocycles. The van der Waals surface area contributed by atoms with E-state index in [0.29, 0.717) is 12.5 Å². The molecular weight excluding hydrogens is 340 g/mol. The van der Waals surface area contributed by atoms with Gasteiger partial charge in [0.15, 0.2) is 8.32 Å². The largest absolute Gasteiger partial charge is 0.481 e. The third kappa shape index (κ3) is 12.9. The fourth-order valence-electron chi connectivity index (χ4n) is 3.01. The molecule has 1 atom stereocenters. The molecule has 0 saturated heterocycles. The molecule has 0 unspecified atom stereocenters. The van der Waals surface area contributed by atoms with Crippen LogP contribution < -0.4 is 0 Å². The summed E-state index contributed by atoms with van der Waals surface area (Å²) in [5.74, 6) is -0.674. The minimum Gasteiger partial charge on any atom is -0.481 e. The van der Waals surface area contributed by atoms with Crippen LogP contribution in [0.5, 0.6) is 0 Å². The van der Waals surface area contributed by atoms with E-state index in [0.717, 1.165) is 32.1 Å². The Labute approximate surface area is 164 Å². The molecule has 0 aliphatic carbocycles. The summed E-state index contributed by atoms with van der Waals surface area (Å²) in [5, 5.41) is 8.98. The molecule has 0 amide bonds. The van der Waals surface area contributed by atoms with Crippen molar-refractivity contribution < 1.29 is 14.3 Å². The Morgan fingerprint density at radius 3 is 1.81 bits per heavy atom. The van der Waals surface area contributed by atoms with E-state index in [-0.39, 0.29) is 5.04 Å². The number of unbranched alkanes of at least 4 members (excludes halogenated alkanes) is 8. The van der Waals surface area contributed by atoms with E-state index in [1.54, 1.807) is 0 Å². The van der Waals surface area contributed by atoms with Gasteiger partial charge in [-0.2, -0.15) is 0 Å². The first kappa shape index (κ1) is 25.6. The van der Waals surface area contributed by atoms with Crippen LogP contribution in [-0.2, 0) is 9.22 Å². The van der Waals surface area contributed by atoms with Crippen LogP contribution in [-0.4, -0.2) is 25.5 Å². The van der Waals surface area contributed by atoms with E-state index in [4.69, 9.17) is 9.53 Å². The van der Waals surface area contributed by atoms with Crippen molar-refractivity contribution in [1.29, 1.82) is 0 Å². The van der Waals surface area contributed by atoms with Gasteiger partial charge in [-0.25, -0.2) is 0 Å². The summed E-state index contributed by atoms with van der Waals surface area (Å²) in [6.07, 6.45) is 15.1. The Morgan fingerprint density at radius 1 is 0.885 bits per heavy atom. The van der Waals surface area contributed by atoms with Gasteiger partial charge in [-0.1, -0.05) is 85.5 Å². The third-order valence-electron chi connectivity index (χ3n) is 5.81. The second kappa shape index (κ2) is 13.8. The second-order valence-corrected chi connectivity index (χ2v) is 14.2. The number of carbonyl (C=O) groups is 1. The Balaban J connectivity index is 4.29. The fraction of sp³-hybridized carbons (Fsp3) is 0.955. The average molecular weight is 387 g/mol. The maximum atomic E-state index is 10.6. The minimum absolute atomic E-state index is 0.258. The first-order chi connectivity index (χ1) is 12.1. The van der Waals surface area contributed by atoms with Crippen LogP contribution >= 0.6 is 0 Å². The van der Waals surface area contributed by atoms with E-state index in [2.05, 4.69) is 40.8 Å². The van der Waals surface area contributed by atoms with Crippen LogP contribution in [0, 0.1) is 0 Å². The molecular formula is C22H46O3Si. The molecule has 4 heteroatoms. The van der Waals surface area contributed by atoms with Gasteiger partial charge in [-0.05, 0) is 37.4 Å². The summed E-state index contributed by atoms with van der Waals surface area (Å²) >= 11 is 0. The van der Waals surface area contributed by atoms with Crippen molar-refractivity contribution in [2.24, 2.45) is 0 Å². The van der Waals surface area contributed by atoms with Gasteiger partial charge in [-0.3, -0.25) is 4.79 Å². The van der Waals surface area contributed by atoms with Gasteiger partial charge in [0.05, 0.1) is 0 Å². The molecule has 0 fully saturated rings. The Hall–Kier alpha value is -0.353. The summed E-state index contributed by atoms with van der Waals surface area (Å²) in [6.45, 7) is 13.9. The molecule has 0 aliphatic rings. The number of hydrogen-bond acceptors (Lipinski definition) is 2. The molecule has 0 rings (SSSR count). The number of rotatable bonds is 16. The molecule has 26 heavy (non-hydrogen) atoms. The van der Waals surface area contributed by atoms with Crippen molar-refractivity contribution in [2.75, 3.05) is 0 Å². The van der Waals surface area contributed by atoms with Gasteiger partial charge < -0.3 is 9.53 Å². The molecule has 156 valence electrons. The van der Waals surface area contributed by atoms with E-state index in [1.165, 1.54) is 44.9 Å². The van der Waals surface area contributed by atoms with Crippen molar-refractivity contribution in [3.05, 3.63) is 0 Å². The molecule has 0 aromatic rings. The third-order valence-corrected chi connectivity index (χ3v) is 10.3. The normalized spacial score (nSPS) is 13.8. The molecule has 0 radical (unpaired) electrons. The fourth-order valence-corrected chi connectivity index (χ4v) is 4.43. The van der Waals surface area contributed by atoms with Gasteiger partial charge in [0, 0.05) is 12.5 Å². The highest BCUT2D eigenvalue weighted by Crippen LogP contribution is 2.38. The summed E-state index contributed by atoms with van der Waals surface area (Å²) in [7, 11) is -1.72. The van der Waals surface area contributed by atoms with Gasteiger partial charge >= 0.3 is 5.97 Å². The highest BCUT2D eigenvalue weighted by atomic mass is 28.4. The highest BCUT2D eigenvalue weighted by molar-refractivity contribution is 6.74. The lowest BCUT2D eigenvalue weighted by Gasteiger charge is -2.39. The summed E-state index contributed by atoms with van der Waals surface area (Å²) in [4.78, 5) is 10.6. The lowest BCUT2D eigenvalue weighted by Crippen LogP contribution is -2.44. The van der Waals surface area contributed by atoms with Gasteiger partial charge in [0.25, 0.3) is 0 Å². The average Bonchev–Trinajstić information content (AvgIpc) is 2.52. The minimum atomic E-state index is -1.72. The Bertz CT molecular complexity index is 361. The maximum Gasteiger partial charge on any atom is 0.303 e. The predicted molar refractivity (Wildman–Crippen MR) is 115 cm³/mol. The summed E-state index contributed by atoms with van der Waals surface area (Å²) in [5.41, 5.74) is 0. The molecule has 0 bridgehead atoms. The number of aliphatic carboxylic acids is 1. The van der Waals surface area contributed by atoms with E-state index < -0.39 is 14.3 Å². The lowest BCUT2D eigenvalue weighted by atomic mass is 10.0. The number of carboxylic acid groups (broad SMARTS) is 1. The van der Waals surface area contributed by atoms with Crippen LogP contribution in [0.1, 0.15) is 111 Å². The highest BCUT2D eigenvalue weighted by Gasteiger charge is 2.38. The van der Waals surface area contributed by atoms with E-state index in [1.807, 2.05) is 0 Å². The van der Waals surface area contributed by atoms with Crippen LogP contribution in [0.4, 0.5) is 0 Å². The predicted octanol–water partition coefficient (Wildman–Crippen LogP) is 7.55. The van der Waals surface area contributed by atoms with Gasteiger partial charge in [0.2, 0.25) is 0 Å². The molecule has 1 N–H and O–H groups in total. The zero-order valence-electron chi connectivity index (χ0n) is 18.5. The Kier molecular flexibility index (Phi) is 13.6. The zero-order valence-corrected chi connectivity index (χ0v) is 19.5. The standard InChI is InChI=1S/C22H46O3Si/c1-7-8-9-10-11-14-17-20(25-26(5,6)22(2,3)4)18-15-12-13-16-19-21(23)24/h20H,7-19H2,1-6H3,(H,23,24)/t20-/m1/s1. The monoisotopic (exact) mass is 386 g/mol. The topological polar surface area (TPSA) is 46.5 Å². The second-order valence-electron chi connectivity index (χ2n) is 9.40. The SMILES string of the molecule is CCCCCCCC[C@H](CCCCCCC(=O)O)O[Si](C)(C)C(C)(C)C. The van der Waals surface area contributed by atoms with Crippen molar-refractivity contribution in [3.8, 4) is 0 Å². The first-order valence-corrected chi connectivity index (χ1v) is 13.9. The molecule has 0 spiro atoms. The molecule has 0 aromatic carbocycles. The smallest absolute Gasteiger partial charge is 0.303 e. The molecule has 0 aliphatic heterocycles. The van der Waals surface area contributed by atoms with Crippen molar-refractivity contribution >= 4 is 14.3 Å². The quantitative estimate of drug-likeness (QED) is 0.220. The van der Waals surface area contributed by atoms with Crippen molar-refractivity contribution in [2.45, 2.75) is 135 Å². The van der Waals surface area contributed by atoms with Crippen LogP contribution in [0.25, 0.3) is 0 Å². The zero-order chi connectivity index (χ0) is 20.1. The Morgan fingerprint density at radius 2 is 1.35 bits per heavy atom. The summed E-state index contributed by atoms with van der Waals surface area (Å²) < 4.78 is 6.72. The lowest BCUT2D eigenvalue weighted by molar-refractivity contribution is -0.137. The van der Waals surface area contributed by atoms with E-state index in [9.17, 15) is 4.79 Å². The van der Waals surface area contributed by atoms with Crippen molar-refractivity contribution in [3.63, 3.8) is 0 Å². The van der Waals surface area contributed by atoms with Crippen LogP contribution in [0.3, 0.4) is 0 Å². The van der Waals surface area contributed by atoms with Gasteiger partial charge in [-0.15, -0.1) is 0 Å². The molecule has 3 nitrogen and oxygen atoms in total. The van der Waals surface area contributed by atoms with Crippen LogP contribution in [0.2, 0.25) is 18.1 Å². The maximum absolute atomic E-state index is 10.6. The van der Waals surface area contributed by atoms with Gasteiger partial charge in [0.1, 0.15) is 0 Å². The number of carboxylic acids is 1. The summed E-state index contributed by atoms with van der Waals surface area (Å²) in [6, 6.07) is 0. The molecule has 0 aromatic heterocycles. The van der Waals surface area contributed by atoms with Crippen molar-refractivity contribution in [1.82, 2.24) is 0 Å². The number of hydrogen-bond donors (Lipinski definition) is 1. The molecule has 0 heterocycles.